The summed E-state index contributed by atoms with van der Waals surface area (Å²) in [5.74, 6) is 1.64. The van der Waals surface area contributed by atoms with Gasteiger partial charge in [0.05, 0.1) is 11.7 Å². The molecule has 0 aliphatic carbocycles. The van der Waals surface area contributed by atoms with Gasteiger partial charge in [-0.05, 0) is 25.6 Å². The lowest BCUT2D eigenvalue weighted by molar-refractivity contribution is 0.211. The van der Waals surface area contributed by atoms with Gasteiger partial charge in [0.2, 0.25) is 0 Å². The summed E-state index contributed by atoms with van der Waals surface area (Å²) >= 11 is 5.91. The SMILES string of the molecule is CN(C)CC(C)(C)Cn1c(CCCl)nc2cnccc21. The summed E-state index contributed by atoms with van der Waals surface area (Å²) in [6.07, 6.45) is 4.43. The van der Waals surface area contributed by atoms with E-state index in [1.54, 1.807) is 0 Å². The van der Waals surface area contributed by atoms with E-state index in [4.69, 9.17) is 11.6 Å². The van der Waals surface area contributed by atoms with Crippen LogP contribution in [-0.4, -0.2) is 46.0 Å². The quantitative estimate of drug-likeness (QED) is 0.768. The Morgan fingerprint density at radius 1 is 1.35 bits per heavy atom. The number of alkyl halides is 1. The van der Waals surface area contributed by atoms with E-state index in [2.05, 4.69) is 47.4 Å². The van der Waals surface area contributed by atoms with Crippen LogP contribution in [0.15, 0.2) is 18.5 Å². The van der Waals surface area contributed by atoms with Crippen molar-refractivity contribution in [1.29, 1.82) is 0 Å². The summed E-state index contributed by atoms with van der Waals surface area (Å²) in [6, 6.07) is 2.03. The highest BCUT2D eigenvalue weighted by molar-refractivity contribution is 6.17. The van der Waals surface area contributed by atoms with E-state index in [-0.39, 0.29) is 5.41 Å². The van der Waals surface area contributed by atoms with E-state index >= 15 is 0 Å². The van der Waals surface area contributed by atoms with Gasteiger partial charge >= 0.3 is 0 Å². The molecule has 0 aliphatic heterocycles. The minimum absolute atomic E-state index is 0.168. The standard InChI is InChI=1S/C15H23ClN4/c1-15(2,10-19(3)4)11-20-13-6-8-17-9-12(13)18-14(20)5-7-16/h6,8-9H,5,7,10-11H2,1-4H3. The van der Waals surface area contributed by atoms with Crippen LogP contribution in [0.3, 0.4) is 0 Å². The molecular weight excluding hydrogens is 272 g/mol. The fourth-order valence-electron chi connectivity index (χ4n) is 2.82. The van der Waals surface area contributed by atoms with Crippen molar-refractivity contribution < 1.29 is 0 Å². The Bertz CT molecular complexity index is 574. The lowest BCUT2D eigenvalue weighted by atomic mass is 9.92. The maximum Gasteiger partial charge on any atom is 0.111 e. The third kappa shape index (κ3) is 3.49. The van der Waals surface area contributed by atoms with Gasteiger partial charge in [0.1, 0.15) is 11.3 Å². The van der Waals surface area contributed by atoms with Crippen molar-refractivity contribution in [2.24, 2.45) is 5.41 Å². The van der Waals surface area contributed by atoms with Gasteiger partial charge in [0.15, 0.2) is 0 Å². The Labute approximate surface area is 125 Å². The van der Waals surface area contributed by atoms with Gasteiger partial charge in [-0.3, -0.25) is 4.98 Å². The monoisotopic (exact) mass is 294 g/mol. The highest BCUT2D eigenvalue weighted by Gasteiger charge is 2.22. The molecule has 0 atom stereocenters. The number of hydrogen-bond donors (Lipinski definition) is 0. The zero-order chi connectivity index (χ0) is 14.8. The smallest absolute Gasteiger partial charge is 0.111 e. The van der Waals surface area contributed by atoms with Crippen LogP contribution in [0.25, 0.3) is 11.0 Å². The van der Waals surface area contributed by atoms with Crippen LogP contribution in [-0.2, 0) is 13.0 Å². The van der Waals surface area contributed by atoms with Crippen molar-refractivity contribution in [2.75, 3.05) is 26.5 Å². The van der Waals surface area contributed by atoms with E-state index < -0.39 is 0 Å². The van der Waals surface area contributed by atoms with Crippen molar-refractivity contribution in [3.8, 4) is 0 Å². The Balaban J connectivity index is 2.38. The lowest BCUT2D eigenvalue weighted by Gasteiger charge is -2.29. The second kappa shape index (κ2) is 6.10. The summed E-state index contributed by atoms with van der Waals surface area (Å²) in [5, 5.41) is 0. The molecule has 2 aromatic heterocycles. The number of fused-ring (bicyclic) bond motifs is 1. The third-order valence-corrected chi connectivity index (χ3v) is 3.47. The normalized spacial score (nSPS) is 12.5. The predicted molar refractivity (Wildman–Crippen MR) is 84.3 cm³/mol. The number of aromatic nitrogens is 3. The number of rotatable bonds is 6. The fraction of sp³-hybridized carbons (Fsp3) is 0.600. The Hall–Kier alpha value is -1.13. The number of aryl methyl sites for hydroxylation is 1. The van der Waals surface area contributed by atoms with E-state index in [1.807, 2.05) is 18.5 Å². The lowest BCUT2D eigenvalue weighted by Crippen LogP contribution is -2.32. The van der Waals surface area contributed by atoms with Crippen molar-refractivity contribution in [1.82, 2.24) is 19.4 Å². The molecule has 2 aromatic rings. The summed E-state index contributed by atoms with van der Waals surface area (Å²) < 4.78 is 2.29. The highest BCUT2D eigenvalue weighted by Crippen LogP contribution is 2.24. The van der Waals surface area contributed by atoms with E-state index in [1.165, 1.54) is 0 Å². The molecule has 0 aliphatic rings. The maximum atomic E-state index is 5.91. The molecule has 0 N–H and O–H groups in total. The van der Waals surface area contributed by atoms with Gasteiger partial charge in [0.25, 0.3) is 0 Å². The molecule has 4 nitrogen and oxygen atoms in total. The first-order chi connectivity index (χ1) is 9.43. The molecule has 0 fully saturated rings. The molecule has 0 aromatic carbocycles. The van der Waals surface area contributed by atoms with Crippen LogP contribution in [0.1, 0.15) is 19.7 Å². The van der Waals surface area contributed by atoms with Crippen molar-refractivity contribution in [3.63, 3.8) is 0 Å². The molecule has 0 spiro atoms. The molecular formula is C15H23ClN4. The molecule has 5 heteroatoms. The Morgan fingerprint density at radius 3 is 2.75 bits per heavy atom. The van der Waals surface area contributed by atoms with Crippen LogP contribution in [0.2, 0.25) is 0 Å². The molecule has 0 saturated heterocycles. The molecule has 0 radical (unpaired) electrons. The van der Waals surface area contributed by atoms with Gasteiger partial charge in [-0.15, -0.1) is 11.6 Å². The first kappa shape index (κ1) is 15.3. The van der Waals surface area contributed by atoms with E-state index in [9.17, 15) is 0 Å². The Morgan fingerprint density at radius 2 is 2.10 bits per heavy atom. The summed E-state index contributed by atoms with van der Waals surface area (Å²) in [5.41, 5.74) is 2.27. The predicted octanol–water partition coefficient (Wildman–Crippen LogP) is 2.80. The maximum absolute atomic E-state index is 5.91. The summed E-state index contributed by atoms with van der Waals surface area (Å²) in [6.45, 7) is 6.52. The first-order valence-corrected chi connectivity index (χ1v) is 7.46. The average molecular weight is 295 g/mol. The molecule has 0 amide bonds. The number of imidazole rings is 1. The van der Waals surface area contributed by atoms with E-state index in [0.29, 0.717) is 5.88 Å². The van der Waals surface area contributed by atoms with Crippen LogP contribution in [0.5, 0.6) is 0 Å². The number of pyridine rings is 1. The molecule has 110 valence electrons. The summed E-state index contributed by atoms with van der Waals surface area (Å²) in [7, 11) is 4.22. The third-order valence-electron chi connectivity index (χ3n) is 3.28. The van der Waals surface area contributed by atoms with Gasteiger partial charge in [-0.2, -0.15) is 0 Å². The van der Waals surface area contributed by atoms with Crippen LogP contribution in [0, 0.1) is 5.41 Å². The molecule has 0 unspecified atom stereocenters. The van der Waals surface area contributed by atoms with Crippen molar-refractivity contribution in [2.45, 2.75) is 26.8 Å². The van der Waals surface area contributed by atoms with Gasteiger partial charge in [-0.1, -0.05) is 13.8 Å². The van der Waals surface area contributed by atoms with E-state index in [0.717, 1.165) is 36.4 Å². The van der Waals surface area contributed by atoms with Gasteiger partial charge < -0.3 is 9.47 Å². The van der Waals surface area contributed by atoms with Gasteiger partial charge in [-0.25, -0.2) is 4.98 Å². The summed E-state index contributed by atoms with van der Waals surface area (Å²) in [4.78, 5) is 11.0. The van der Waals surface area contributed by atoms with Crippen LogP contribution >= 0.6 is 11.6 Å². The molecule has 0 bridgehead atoms. The highest BCUT2D eigenvalue weighted by atomic mass is 35.5. The van der Waals surface area contributed by atoms with Crippen LogP contribution in [0.4, 0.5) is 0 Å². The average Bonchev–Trinajstić information content (AvgIpc) is 2.66. The minimum Gasteiger partial charge on any atom is -0.327 e. The largest absolute Gasteiger partial charge is 0.327 e. The van der Waals surface area contributed by atoms with Crippen LogP contribution < -0.4 is 0 Å². The molecule has 20 heavy (non-hydrogen) atoms. The molecule has 2 rings (SSSR count). The Kier molecular flexibility index (Phi) is 4.66. The zero-order valence-corrected chi connectivity index (χ0v) is 13.5. The molecule has 2 heterocycles. The fourth-order valence-corrected chi connectivity index (χ4v) is 2.99. The topological polar surface area (TPSA) is 34.0 Å². The second-order valence-corrected chi connectivity index (χ2v) is 6.70. The number of halogens is 1. The first-order valence-electron chi connectivity index (χ1n) is 6.93. The molecule has 0 saturated carbocycles. The van der Waals surface area contributed by atoms with Crippen molar-refractivity contribution >= 4 is 22.6 Å². The van der Waals surface area contributed by atoms with Gasteiger partial charge in [0, 0.05) is 31.6 Å². The number of nitrogens with zero attached hydrogens (tertiary/aromatic N) is 4. The minimum atomic E-state index is 0.168. The number of hydrogen-bond acceptors (Lipinski definition) is 3. The second-order valence-electron chi connectivity index (χ2n) is 6.32. The zero-order valence-electron chi connectivity index (χ0n) is 12.7. The van der Waals surface area contributed by atoms with Crippen molar-refractivity contribution in [3.05, 3.63) is 24.3 Å².